The monoisotopic (exact) mass is 421 g/mol. The van der Waals surface area contributed by atoms with Crippen molar-refractivity contribution in [2.24, 2.45) is 4.99 Å². The third kappa shape index (κ3) is 4.05. The van der Waals surface area contributed by atoms with Gasteiger partial charge >= 0.3 is 0 Å². The van der Waals surface area contributed by atoms with Crippen LogP contribution < -0.4 is 14.9 Å². The Kier molecular flexibility index (Phi) is 5.77. The Morgan fingerprint density at radius 1 is 1.17 bits per heavy atom. The van der Waals surface area contributed by atoms with E-state index in [4.69, 9.17) is 9.73 Å². The first-order valence-electron chi connectivity index (χ1n) is 10.4. The highest BCUT2D eigenvalue weighted by molar-refractivity contribution is 7.07. The van der Waals surface area contributed by atoms with Gasteiger partial charge in [-0.2, -0.15) is 0 Å². The second kappa shape index (κ2) is 8.48. The molecule has 0 bridgehead atoms. The van der Waals surface area contributed by atoms with Crippen LogP contribution >= 0.6 is 11.3 Å². The summed E-state index contributed by atoms with van der Waals surface area (Å²) in [5.41, 5.74) is 5.11. The van der Waals surface area contributed by atoms with Crippen LogP contribution in [-0.4, -0.2) is 17.1 Å². The number of amides is 1. The number of thiazole rings is 1. The first-order chi connectivity index (χ1) is 14.5. The summed E-state index contributed by atoms with van der Waals surface area (Å²) in [5.74, 6) is 1.09. The molecule has 30 heavy (non-hydrogen) atoms. The summed E-state index contributed by atoms with van der Waals surface area (Å²) in [6.45, 7) is 8.85. The Morgan fingerprint density at radius 2 is 1.93 bits per heavy atom. The lowest BCUT2D eigenvalue weighted by Gasteiger charge is -2.20. The Morgan fingerprint density at radius 3 is 2.63 bits per heavy atom. The molecule has 5 nitrogen and oxygen atoms in total. The fourth-order valence-corrected chi connectivity index (χ4v) is 4.52. The Balaban J connectivity index is 1.78. The molecule has 1 N–H and O–H groups in total. The molecule has 156 valence electrons. The van der Waals surface area contributed by atoms with E-state index in [0.29, 0.717) is 23.4 Å². The minimum Gasteiger partial charge on any atom is -0.482 e. The maximum atomic E-state index is 11.7. The quantitative estimate of drug-likeness (QED) is 0.560. The highest BCUT2D eigenvalue weighted by Crippen LogP contribution is 2.34. The number of rotatable bonds is 5. The molecule has 1 unspecified atom stereocenters. The van der Waals surface area contributed by atoms with Crippen LogP contribution in [-0.2, 0) is 4.79 Å². The molecule has 1 aliphatic heterocycles. The van der Waals surface area contributed by atoms with Gasteiger partial charge in [0.25, 0.3) is 5.91 Å². The molecule has 0 aliphatic carbocycles. The van der Waals surface area contributed by atoms with Gasteiger partial charge in [-0.3, -0.25) is 4.79 Å². The Hall–Kier alpha value is -2.86. The molecule has 4 rings (SSSR count). The molecule has 2 aromatic carbocycles. The predicted octanol–water partition coefficient (Wildman–Crippen LogP) is 5.87. The summed E-state index contributed by atoms with van der Waals surface area (Å²) in [6, 6.07) is 14.7. The fraction of sp³-hybridized carbons (Fsp3) is 0.333. The molecule has 0 fully saturated rings. The summed E-state index contributed by atoms with van der Waals surface area (Å²) in [6.07, 6.45) is 0.994. The van der Waals surface area contributed by atoms with Crippen molar-refractivity contribution in [3.63, 3.8) is 0 Å². The van der Waals surface area contributed by atoms with Crippen LogP contribution in [0.3, 0.4) is 0 Å². The van der Waals surface area contributed by atoms with Crippen LogP contribution in [0.2, 0.25) is 0 Å². The lowest BCUT2D eigenvalue weighted by atomic mass is 10.0. The molecule has 6 heteroatoms. The average Bonchev–Trinajstić information content (AvgIpc) is 3.16. The van der Waals surface area contributed by atoms with E-state index in [0.717, 1.165) is 28.2 Å². The molecular weight excluding hydrogens is 394 g/mol. The zero-order chi connectivity index (χ0) is 21.3. The average molecular weight is 422 g/mol. The van der Waals surface area contributed by atoms with Crippen LogP contribution in [0.4, 0.5) is 11.4 Å². The molecule has 0 radical (unpaired) electrons. The van der Waals surface area contributed by atoms with E-state index in [1.54, 1.807) is 11.3 Å². The summed E-state index contributed by atoms with van der Waals surface area (Å²) in [5, 5.41) is 5.04. The zero-order valence-electron chi connectivity index (χ0n) is 17.8. The first kappa shape index (κ1) is 20.4. The molecule has 3 aromatic rings. The minimum absolute atomic E-state index is 0.0658. The summed E-state index contributed by atoms with van der Waals surface area (Å²) in [7, 11) is 0. The number of ether oxygens (including phenoxy) is 1. The maximum absolute atomic E-state index is 11.7. The first-order valence-corrected chi connectivity index (χ1v) is 11.3. The molecule has 2 heterocycles. The van der Waals surface area contributed by atoms with Gasteiger partial charge < -0.3 is 14.6 Å². The maximum Gasteiger partial charge on any atom is 0.262 e. The van der Waals surface area contributed by atoms with Crippen LogP contribution in [0.1, 0.15) is 51.6 Å². The number of aromatic nitrogens is 1. The van der Waals surface area contributed by atoms with E-state index in [1.807, 2.05) is 18.2 Å². The van der Waals surface area contributed by atoms with Crippen LogP contribution in [0, 0.1) is 0 Å². The van der Waals surface area contributed by atoms with Crippen molar-refractivity contribution in [2.45, 2.75) is 46.1 Å². The number of nitrogens with zero attached hydrogens (tertiary/aromatic N) is 2. The smallest absolute Gasteiger partial charge is 0.262 e. The van der Waals surface area contributed by atoms with E-state index in [9.17, 15) is 4.79 Å². The second-order valence-corrected chi connectivity index (χ2v) is 8.77. The molecule has 1 aromatic heterocycles. The SMILES string of the molecule is CCC(C)n1c(-c2ccc3c(c2)NC(=O)CO3)csc1=Nc1ccc(C(C)C)cc1. The summed E-state index contributed by atoms with van der Waals surface area (Å²) >= 11 is 1.64. The van der Waals surface area contributed by atoms with Crippen molar-refractivity contribution in [3.8, 4) is 17.0 Å². The van der Waals surface area contributed by atoms with Gasteiger partial charge in [0.2, 0.25) is 0 Å². The standard InChI is InChI=1S/C24H27N3O2S/c1-5-16(4)27-21(18-8-11-22-20(12-18)26-23(28)13-29-22)14-30-24(27)25-19-9-6-17(7-10-19)15(2)3/h6-12,14-16H,5,13H2,1-4H3,(H,26,28). The molecule has 1 aliphatic rings. The summed E-state index contributed by atoms with van der Waals surface area (Å²) in [4.78, 5) is 17.6. The number of hydrogen-bond donors (Lipinski definition) is 1. The van der Waals surface area contributed by atoms with Crippen molar-refractivity contribution >= 4 is 28.6 Å². The predicted molar refractivity (Wildman–Crippen MR) is 123 cm³/mol. The van der Waals surface area contributed by atoms with Crippen molar-refractivity contribution in [2.75, 3.05) is 11.9 Å². The Labute approximate surface area is 181 Å². The van der Waals surface area contributed by atoms with Gasteiger partial charge in [-0.1, -0.05) is 32.9 Å². The number of carbonyl (C=O) groups is 1. The number of hydrogen-bond acceptors (Lipinski definition) is 4. The summed E-state index contributed by atoms with van der Waals surface area (Å²) < 4.78 is 7.79. The number of carbonyl (C=O) groups excluding carboxylic acids is 1. The zero-order valence-corrected chi connectivity index (χ0v) is 18.6. The van der Waals surface area contributed by atoms with E-state index < -0.39 is 0 Å². The van der Waals surface area contributed by atoms with Crippen molar-refractivity contribution in [1.82, 2.24) is 4.57 Å². The van der Waals surface area contributed by atoms with Gasteiger partial charge in [-0.25, -0.2) is 4.99 Å². The van der Waals surface area contributed by atoms with Crippen molar-refractivity contribution in [3.05, 3.63) is 58.2 Å². The third-order valence-corrected chi connectivity index (χ3v) is 6.31. The Bertz CT molecular complexity index is 1130. The van der Waals surface area contributed by atoms with E-state index in [2.05, 4.69) is 67.2 Å². The van der Waals surface area contributed by atoms with E-state index in [1.165, 1.54) is 5.56 Å². The number of nitrogens with one attached hydrogen (secondary N) is 1. The molecule has 0 saturated carbocycles. The largest absolute Gasteiger partial charge is 0.482 e. The molecule has 1 atom stereocenters. The van der Waals surface area contributed by atoms with Gasteiger partial charge in [0.1, 0.15) is 5.75 Å². The van der Waals surface area contributed by atoms with Gasteiger partial charge in [0.15, 0.2) is 11.4 Å². The van der Waals surface area contributed by atoms with E-state index in [-0.39, 0.29) is 12.5 Å². The number of anilines is 1. The van der Waals surface area contributed by atoms with Gasteiger partial charge in [0, 0.05) is 17.0 Å². The van der Waals surface area contributed by atoms with Crippen LogP contribution in [0.15, 0.2) is 52.8 Å². The fourth-order valence-electron chi connectivity index (χ4n) is 3.51. The van der Waals surface area contributed by atoms with Crippen molar-refractivity contribution < 1.29 is 9.53 Å². The molecule has 1 amide bonds. The highest BCUT2D eigenvalue weighted by Gasteiger charge is 2.19. The van der Waals surface area contributed by atoms with Gasteiger partial charge in [0.05, 0.1) is 17.1 Å². The minimum atomic E-state index is -0.125. The topological polar surface area (TPSA) is 55.6 Å². The third-order valence-electron chi connectivity index (χ3n) is 5.47. The lowest BCUT2D eigenvalue weighted by Crippen LogP contribution is -2.25. The van der Waals surface area contributed by atoms with Crippen LogP contribution in [0.5, 0.6) is 5.75 Å². The van der Waals surface area contributed by atoms with Gasteiger partial charge in [-0.15, -0.1) is 11.3 Å². The lowest BCUT2D eigenvalue weighted by molar-refractivity contribution is -0.118. The van der Waals surface area contributed by atoms with Crippen molar-refractivity contribution in [1.29, 1.82) is 0 Å². The normalized spacial score (nSPS) is 15.0. The van der Waals surface area contributed by atoms with Gasteiger partial charge in [-0.05, 0) is 55.2 Å². The molecule has 0 spiro atoms. The number of fused-ring (bicyclic) bond motifs is 1. The molecule has 0 saturated heterocycles. The highest BCUT2D eigenvalue weighted by atomic mass is 32.1. The molecular formula is C24H27N3O2S. The second-order valence-electron chi connectivity index (χ2n) is 7.94. The van der Waals surface area contributed by atoms with E-state index >= 15 is 0 Å². The number of benzene rings is 2. The van der Waals surface area contributed by atoms with Crippen LogP contribution in [0.25, 0.3) is 11.3 Å².